The molecule has 0 atom stereocenters. The molecule has 2 heteroatoms. The molecule has 0 bridgehead atoms. The summed E-state index contributed by atoms with van der Waals surface area (Å²) in [5.74, 6) is 0. The van der Waals surface area contributed by atoms with E-state index in [1.54, 1.807) is 0 Å². The van der Waals surface area contributed by atoms with Crippen molar-refractivity contribution < 1.29 is 0 Å². The third-order valence-electron chi connectivity index (χ3n) is 12.3. The second-order valence-corrected chi connectivity index (χ2v) is 15.6. The zero-order valence-corrected chi connectivity index (χ0v) is 32.2. The van der Waals surface area contributed by atoms with Gasteiger partial charge in [-0.15, -0.1) is 0 Å². The van der Waals surface area contributed by atoms with Crippen LogP contribution in [0.25, 0.3) is 104 Å². The molecule has 1 aliphatic carbocycles. The fourth-order valence-corrected chi connectivity index (χ4v) is 9.56. The molecule has 2 nitrogen and oxygen atoms in total. The third-order valence-corrected chi connectivity index (χ3v) is 12.3. The van der Waals surface area contributed by atoms with E-state index < -0.39 is 0 Å². The third kappa shape index (κ3) is 5.41. The Morgan fingerprint density at radius 1 is 0.322 bits per heavy atom. The van der Waals surface area contributed by atoms with E-state index in [-0.39, 0.29) is 0 Å². The molecule has 2 heterocycles. The van der Waals surface area contributed by atoms with Crippen molar-refractivity contribution in [2.75, 3.05) is 0 Å². The lowest BCUT2D eigenvalue weighted by Crippen LogP contribution is -1.95. The predicted molar refractivity (Wildman–Crippen MR) is 249 cm³/mol. The Labute approximate surface area is 342 Å². The minimum Gasteiger partial charge on any atom is -0.245 e. The van der Waals surface area contributed by atoms with Gasteiger partial charge in [0.25, 0.3) is 0 Å². The maximum absolute atomic E-state index is 5.49. The molecule has 1 aliphatic rings. The largest absolute Gasteiger partial charge is 0.245 e. The summed E-state index contributed by atoms with van der Waals surface area (Å²) >= 11 is 0. The van der Waals surface area contributed by atoms with Crippen LogP contribution in [0.1, 0.15) is 16.7 Å². The monoisotopic (exact) mass is 748 g/mol. The average Bonchev–Trinajstić information content (AvgIpc) is 3.48. The Bertz CT molecular complexity index is 3470. The Balaban J connectivity index is 1.06. The van der Waals surface area contributed by atoms with Gasteiger partial charge >= 0.3 is 0 Å². The smallest absolute Gasteiger partial charge is 0.0972 e. The number of nitrogens with zero attached hydrogens (tertiary/aromatic N) is 2. The number of benzene rings is 9. The molecule has 0 fully saturated rings. The van der Waals surface area contributed by atoms with Gasteiger partial charge in [-0.1, -0.05) is 188 Å². The van der Waals surface area contributed by atoms with Gasteiger partial charge in [-0.05, 0) is 101 Å². The van der Waals surface area contributed by atoms with E-state index in [2.05, 4.69) is 200 Å². The topological polar surface area (TPSA) is 25.8 Å². The van der Waals surface area contributed by atoms with Gasteiger partial charge < -0.3 is 0 Å². The van der Waals surface area contributed by atoms with E-state index in [0.29, 0.717) is 0 Å². The van der Waals surface area contributed by atoms with E-state index >= 15 is 0 Å². The lowest BCUT2D eigenvalue weighted by atomic mass is 9.85. The van der Waals surface area contributed by atoms with E-state index in [9.17, 15) is 0 Å². The highest BCUT2D eigenvalue weighted by molar-refractivity contribution is 6.21. The zero-order valence-electron chi connectivity index (χ0n) is 32.2. The Morgan fingerprint density at radius 2 is 0.864 bits per heavy atom. The van der Waals surface area contributed by atoms with Crippen LogP contribution in [-0.4, -0.2) is 9.97 Å². The summed E-state index contributed by atoms with van der Waals surface area (Å²) in [6.07, 6.45) is 3.31. The lowest BCUT2D eigenvalue weighted by molar-refractivity contribution is 1.29. The number of hydrogen-bond donors (Lipinski definition) is 0. The first kappa shape index (κ1) is 33.5. The quantitative estimate of drug-likeness (QED) is 0.132. The molecule has 11 aromatic rings. The van der Waals surface area contributed by atoms with E-state index in [1.165, 1.54) is 76.8 Å². The molecule has 0 unspecified atom stereocenters. The minimum absolute atomic E-state index is 0.871. The molecular formula is C57H36N2. The van der Waals surface area contributed by atoms with Crippen molar-refractivity contribution in [3.05, 3.63) is 223 Å². The first-order valence-electron chi connectivity index (χ1n) is 20.4. The number of allylic oxidation sites excluding steroid dienone is 1. The molecule has 59 heavy (non-hydrogen) atoms. The van der Waals surface area contributed by atoms with Crippen molar-refractivity contribution in [3.63, 3.8) is 0 Å². The van der Waals surface area contributed by atoms with Gasteiger partial charge in [0.2, 0.25) is 0 Å². The van der Waals surface area contributed by atoms with Crippen molar-refractivity contribution in [1.29, 1.82) is 0 Å². The van der Waals surface area contributed by atoms with Gasteiger partial charge in [0.1, 0.15) is 0 Å². The maximum Gasteiger partial charge on any atom is 0.0972 e. The standard InChI is InChI=1S/C57H36N2/c1-2-15-38(16-3-1)51-33-29-39-25-26-40-30-34-52(59-57(40)56(39)58-51)55-48-23-10-8-21-46(48)53(47-22-9-11-24-49(47)55)42-18-12-17-41(35-42)43-31-27-36-13-4-6-19-44(36)54-45-20-7-5-14-37(45)28-32-50(43)54/h1-26,28-35H,27H2. The Kier molecular flexibility index (Phi) is 7.64. The number of rotatable bonds is 4. The number of aromatic nitrogens is 2. The van der Waals surface area contributed by atoms with Crippen molar-refractivity contribution in [2.45, 2.75) is 6.42 Å². The molecule has 0 N–H and O–H groups in total. The van der Waals surface area contributed by atoms with E-state index in [4.69, 9.17) is 9.97 Å². The molecule has 274 valence electrons. The Morgan fingerprint density at radius 3 is 1.61 bits per heavy atom. The van der Waals surface area contributed by atoms with E-state index in [0.717, 1.165) is 50.7 Å². The SMILES string of the molecule is C1=C(c2cccc(-c3c4ccccc4c(-c4ccc5ccc6ccc(-c7ccccc7)nc6c5n4)c4ccccc34)c2)c2ccc3ccccc3c2-c2ccccc2C1. The van der Waals surface area contributed by atoms with Crippen LogP contribution in [0.4, 0.5) is 0 Å². The van der Waals surface area contributed by atoms with Crippen molar-refractivity contribution in [1.82, 2.24) is 9.97 Å². The molecular weight excluding hydrogens is 713 g/mol. The van der Waals surface area contributed by atoms with Crippen molar-refractivity contribution in [3.8, 4) is 44.8 Å². The first-order valence-corrected chi connectivity index (χ1v) is 20.4. The molecule has 0 radical (unpaired) electrons. The normalized spacial score (nSPS) is 12.4. The molecule has 0 amide bonds. The van der Waals surface area contributed by atoms with Gasteiger partial charge in [0, 0.05) is 21.9 Å². The highest BCUT2D eigenvalue weighted by Crippen LogP contribution is 2.46. The van der Waals surface area contributed by atoms with Gasteiger partial charge in [-0.2, -0.15) is 0 Å². The van der Waals surface area contributed by atoms with Gasteiger partial charge in [-0.25, -0.2) is 9.97 Å². The highest BCUT2D eigenvalue weighted by Gasteiger charge is 2.22. The molecule has 0 spiro atoms. The molecule has 0 saturated carbocycles. The summed E-state index contributed by atoms with van der Waals surface area (Å²) < 4.78 is 0. The fourth-order valence-electron chi connectivity index (χ4n) is 9.56. The highest BCUT2D eigenvalue weighted by atomic mass is 14.8. The lowest BCUT2D eigenvalue weighted by Gasteiger charge is -2.19. The van der Waals surface area contributed by atoms with Crippen LogP contribution >= 0.6 is 0 Å². The Hall–Kier alpha value is -7.68. The number of hydrogen-bond acceptors (Lipinski definition) is 2. The zero-order chi connectivity index (χ0) is 38.9. The van der Waals surface area contributed by atoms with Crippen LogP contribution in [0.5, 0.6) is 0 Å². The van der Waals surface area contributed by atoms with Crippen molar-refractivity contribution >= 4 is 59.7 Å². The fraction of sp³-hybridized carbons (Fsp3) is 0.0175. The van der Waals surface area contributed by atoms with Crippen LogP contribution in [0.3, 0.4) is 0 Å². The second kappa shape index (κ2) is 13.5. The summed E-state index contributed by atoms with van der Waals surface area (Å²) in [6.45, 7) is 0. The van der Waals surface area contributed by atoms with Crippen LogP contribution in [0.15, 0.2) is 206 Å². The van der Waals surface area contributed by atoms with Crippen LogP contribution in [-0.2, 0) is 6.42 Å². The first-order chi connectivity index (χ1) is 29.3. The summed E-state index contributed by atoms with van der Waals surface area (Å²) in [6, 6.07) is 72.6. The van der Waals surface area contributed by atoms with Gasteiger partial charge in [0.15, 0.2) is 0 Å². The average molecular weight is 749 g/mol. The molecule has 2 aromatic heterocycles. The second-order valence-electron chi connectivity index (χ2n) is 15.6. The predicted octanol–water partition coefficient (Wildman–Crippen LogP) is 14.9. The number of fused-ring (bicyclic) bond motifs is 10. The van der Waals surface area contributed by atoms with Gasteiger partial charge in [-0.3, -0.25) is 0 Å². The minimum atomic E-state index is 0.871. The summed E-state index contributed by atoms with van der Waals surface area (Å²) in [5, 5.41) is 9.47. The van der Waals surface area contributed by atoms with Crippen LogP contribution in [0, 0.1) is 0 Å². The van der Waals surface area contributed by atoms with Crippen molar-refractivity contribution in [2.24, 2.45) is 0 Å². The van der Waals surface area contributed by atoms with Crippen LogP contribution in [0.2, 0.25) is 0 Å². The van der Waals surface area contributed by atoms with E-state index in [1.807, 2.05) is 6.07 Å². The molecule has 12 rings (SSSR count). The summed E-state index contributed by atoms with van der Waals surface area (Å²) in [7, 11) is 0. The maximum atomic E-state index is 5.49. The molecule has 9 aromatic carbocycles. The molecule has 0 saturated heterocycles. The number of pyridine rings is 2. The molecule has 0 aliphatic heterocycles. The summed E-state index contributed by atoms with van der Waals surface area (Å²) in [5.41, 5.74) is 16.1. The van der Waals surface area contributed by atoms with Gasteiger partial charge in [0.05, 0.1) is 22.4 Å². The van der Waals surface area contributed by atoms with Crippen LogP contribution < -0.4 is 0 Å². The summed E-state index contributed by atoms with van der Waals surface area (Å²) in [4.78, 5) is 10.7.